The molecule has 2 amide bonds. The van der Waals surface area contributed by atoms with Gasteiger partial charge in [-0.15, -0.1) is 0 Å². The molecule has 0 aliphatic heterocycles. The molecule has 238 valence electrons. The predicted octanol–water partition coefficient (Wildman–Crippen LogP) is 5.25. The highest BCUT2D eigenvalue weighted by molar-refractivity contribution is 9.10. The Morgan fingerprint density at radius 3 is 2.20 bits per heavy atom. The minimum Gasteiger partial charge on any atom is -0.494 e. The number of benzene rings is 3. The summed E-state index contributed by atoms with van der Waals surface area (Å²) in [6, 6.07) is 17.2. The van der Waals surface area contributed by atoms with Crippen LogP contribution < -0.4 is 23.8 Å². The number of methoxy groups -OCH3 is 2. The van der Waals surface area contributed by atoms with Crippen molar-refractivity contribution in [3.05, 3.63) is 76.8 Å². The fourth-order valence-electron chi connectivity index (χ4n) is 4.38. The fourth-order valence-corrected chi connectivity index (χ4v) is 6.25. The third-order valence-corrected chi connectivity index (χ3v) is 9.01. The van der Waals surface area contributed by atoms with Crippen molar-refractivity contribution in [3.63, 3.8) is 0 Å². The maximum absolute atomic E-state index is 14.2. The van der Waals surface area contributed by atoms with Crippen LogP contribution in [0.4, 0.5) is 5.69 Å². The molecule has 0 saturated carbocycles. The Balaban J connectivity index is 2.07. The van der Waals surface area contributed by atoms with E-state index in [4.69, 9.17) is 14.2 Å². The van der Waals surface area contributed by atoms with Crippen LogP contribution in [0.1, 0.15) is 33.3 Å². The van der Waals surface area contributed by atoms with Gasteiger partial charge < -0.3 is 24.4 Å². The topological polar surface area (TPSA) is 114 Å². The maximum atomic E-state index is 14.2. The monoisotopic (exact) mass is 689 g/mol. The predicted molar refractivity (Wildman–Crippen MR) is 174 cm³/mol. The fraction of sp³-hybridized carbons (Fsp3) is 0.375. The summed E-state index contributed by atoms with van der Waals surface area (Å²) in [4.78, 5) is 28.6. The van der Waals surface area contributed by atoms with Gasteiger partial charge in [0.2, 0.25) is 11.8 Å². The summed E-state index contributed by atoms with van der Waals surface area (Å²) < 4.78 is 46.4. The first kappa shape index (κ1) is 34.7. The number of hydrogen-bond donors (Lipinski definition) is 1. The van der Waals surface area contributed by atoms with Gasteiger partial charge in [0.1, 0.15) is 18.3 Å². The van der Waals surface area contributed by atoms with Crippen LogP contribution in [0.3, 0.4) is 0 Å². The molecule has 0 bridgehead atoms. The molecule has 0 radical (unpaired) electrons. The second-order valence-electron chi connectivity index (χ2n) is 10.4. The lowest BCUT2D eigenvalue weighted by molar-refractivity contribution is -0.139. The number of amides is 2. The molecule has 3 aromatic rings. The van der Waals surface area contributed by atoms with Gasteiger partial charge in [-0.2, -0.15) is 0 Å². The number of carbonyl (C=O) groups excluding carboxylic acids is 2. The highest BCUT2D eigenvalue weighted by Crippen LogP contribution is 2.33. The van der Waals surface area contributed by atoms with E-state index < -0.39 is 28.5 Å². The van der Waals surface area contributed by atoms with Crippen LogP contribution in [0.2, 0.25) is 0 Å². The molecule has 0 saturated heterocycles. The summed E-state index contributed by atoms with van der Waals surface area (Å²) in [5.74, 6) is 0.447. The van der Waals surface area contributed by atoms with E-state index in [9.17, 15) is 18.0 Å². The molecule has 1 atom stereocenters. The van der Waals surface area contributed by atoms with E-state index in [1.165, 1.54) is 37.3 Å². The average molecular weight is 691 g/mol. The van der Waals surface area contributed by atoms with Crippen LogP contribution in [-0.4, -0.2) is 65.1 Å². The summed E-state index contributed by atoms with van der Waals surface area (Å²) in [5.41, 5.74) is 1.02. The first-order valence-electron chi connectivity index (χ1n) is 14.2. The first-order chi connectivity index (χ1) is 20.9. The van der Waals surface area contributed by atoms with Crippen molar-refractivity contribution in [2.75, 3.05) is 38.2 Å². The molecule has 0 aromatic heterocycles. The summed E-state index contributed by atoms with van der Waals surface area (Å²) in [7, 11) is -1.45. The van der Waals surface area contributed by atoms with E-state index in [1.54, 1.807) is 31.2 Å². The number of carbonyl (C=O) groups is 2. The van der Waals surface area contributed by atoms with Crippen molar-refractivity contribution in [1.82, 2.24) is 10.2 Å². The van der Waals surface area contributed by atoms with Crippen molar-refractivity contribution >= 4 is 43.5 Å². The third kappa shape index (κ3) is 8.88. The van der Waals surface area contributed by atoms with E-state index >= 15 is 0 Å². The number of rotatable bonds is 15. The van der Waals surface area contributed by atoms with Crippen LogP contribution in [0.15, 0.2) is 76.1 Å². The van der Waals surface area contributed by atoms with Crippen LogP contribution in [0, 0.1) is 5.92 Å². The first-order valence-corrected chi connectivity index (χ1v) is 16.4. The highest BCUT2D eigenvalue weighted by atomic mass is 79.9. The van der Waals surface area contributed by atoms with Gasteiger partial charge in [0.25, 0.3) is 10.0 Å². The van der Waals surface area contributed by atoms with Crippen molar-refractivity contribution in [1.29, 1.82) is 0 Å². The van der Waals surface area contributed by atoms with Crippen LogP contribution in [0.25, 0.3) is 0 Å². The Kier molecular flexibility index (Phi) is 12.5. The zero-order valence-corrected chi connectivity index (χ0v) is 28.3. The van der Waals surface area contributed by atoms with Crippen molar-refractivity contribution in [2.45, 2.75) is 45.2 Å². The smallest absolute Gasteiger partial charge is 0.264 e. The normalized spacial score (nSPS) is 11.9. The largest absolute Gasteiger partial charge is 0.494 e. The van der Waals surface area contributed by atoms with E-state index in [1.807, 2.05) is 45.0 Å². The second kappa shape index (κ2) is 15.8. The molecule has 0 fully saturated rings. The average Bonchev–Trinajstić information content (AvgIpc) is 3.01. The Morgan fingerprint density at radius 2 is 1.61 bits per heavy atom. The van der Waals surface area contributed by atoms with Crippen LogP contribution >= 0.6 is 15.9 Å². The zero-order chi connectivity index (χ0) is 32.4. The summed E-state index contributed by atoms with van der Waals surface area (Å²) >= 11 is 3.46. The minimum absolute atomic E-state index is 0.0854. The highest BCUT2D eigenvalue weighted by Gasteiger charge is 2.33. The van der Waals surface area contributed by atoms with Gasteiger partial charge in [-0.05, 0) is 73.9 Å². The molecule has 0 spiro atoms. The SMILES string of the molecule is CCOc1ccc(N(CC(=O)N(Cc2cccc(Br)c2)C(C)C(=O)NCC(C)C)S(=O)(=O)c2ccc(OC)c(OC)c2)cc1. The van der Waals surface area contributed by atoms with E-state index in [-0.39, 0.29) is 34.7 Å². The molecule has 0 aliphatic carbocycles. The molecule has 3 aromatic carbocycles. The van der Waals surface area contributed by atoms with Gasteiger partial charge in [-0.1, -0.05) is 41.9 Å². The quantitative estimate of drug-likeness (QED) is 0.232. The van der Waals surface area contributed by atoms with Crippen molar-refractivity contribution < 1.29 is 32.2 Å². The van der Waals surface area contributed by atoms with E-state index in [0.29, 0.717) is 24.7 Å². The molecule has 3 rings (SSSR count). The molecule has 12 heteroatoms. The molecule has 10 nitrogen and oxygen atoms in total. The zero-order valence-electron chi connectivity index (χ0n) is 25.9. The Hall–Kier alpha value is -3.77. The lowest BCUT2D eigenvalue weighted by Crippen LogP contribution is -2.51. The van der Waals surface area contributed by atoms with Gasteiger partial charge in [-0.25, -0.2) is 8.42 Å². The lowest BCUT2D eigenvalue weighted by atomic mass is 10.1. The third-order valence-electron chi connectivity index (χ3n) is 6.75. The van der Waals surface area contributed by atoms with Gasteiger partial charge in [0.15, 0.2) is 11.5 Å². The number of nitrogens with one attached hydrogen (secondary N) is 1. The van der Waals surface area contributed by atoms with E-state index in [0.717, 1.165) is 14.3 Å². The van der Waals surface area contributed by atoms with Crippen LogP contribution in [-0.2, 0) is 26.2 Å². The number of nitrogens with zero attached hydrogens (tertiary/aromatic N) is 2. The molecule has 44 heavy (non-hydrogen) atoms. The van der Waals surface area contributed by atoms with Gasteiger partial charge in [0, 0.05) is 23.6 Å². The molecule has 1 unspecified atom stereocenters. The Bertz CT molecular complexity index is 1530. The van der Waals surface area contributed by atoms with Gasteiger partial charge >= 0.3 is 0 Å². The molecule has 1 N–H and O–H groups in total. The Labute approximate surface area is 268 Å². The number of sulfonamides is 1. The van der Waals surface area contributed by atoms with Gasteiger partial charge in [0.05, 0.1) is 31.4 Å². The standard InChI is InChI=1S/C32H40BrN3O7S/c1-7-43-27-13-11-26(12-14-27)36(44(39,40)28-15-16-29(41-5)30(18-28)42-6)21-31(37)35(20-24-9-8-10-25(33)17-24)23(4)32(38)34-19-22(2)3/h8-18,22-23H,7,19-21H2,1-6H3,(H,34,38). The second-order valence-corrected chi connectivity index (χ2v) is 13.2. The van der Waals surface area contributed by atoms with Gasteiger partial charge in [-0.3, -0.25) is 13.9 Å². The number of hydrogen-bond acceptors (Lipinski definition) is 7. The van der Waals surface area contributed by atoms with Crippen molar-refractivity contribution in [2.24, 2.45) is 5.92 Å². The molecule has 0 heterocycles. The Morgan fingerprint density at radius 1 is 0.932 bits per heavy atom. The number of halogens is 1. The number of ether oxygens (including phenoxy) is 3. The molecular weight excluding hydrogens is 650 g/mol. The minimum atomic E-state index is -4.31. The number of anilines is 1. The lowest BCUT2D eigenvalue weighted by Gasteiger charge is -2.32. The summed E-state index contributed by atoms with van der Waals surface area (Å²) in [6.07, 6.45) is 0. The van der Waals surface area contributed by atoms with Crippen molar-refractivity contribution in [3.8, 4) is 17.2 Å². The van der Waals surface area contributed by atoms with Crippen LogP contribution in [0.5, 0.6) is 17.2 Å². The maximum Gasteiger partial charge on any atom is 0.264 e. The summed E-state index contributed by atoms with van der Waals surface area (Å²) in [6.45, 7) is 7.82. The molecule has 0 aliphatic rings. The summed E-state index contributed by atoms with van der Waals surface area (Å²) in [5, 5.41) is 2.88. The molecular formula is C32H40BrN3O7S. The van der Waals surface area contributed by atoms with E-state index in [2.05, 4.69) is 21.2 Å².